The molecule has 1 aliphatic rings. The van der Waals surface area contributed by atoms with Crippen molar-refractivity contribution in [2.75, 3.05) is 26.3 Å². The molecule has 1 rings (SSSR count). The van der Waals surface area contributed by atoms with Gasteiger partial charge in [0.15, 0.2) is 0 Å². The van der Waals surface area contributed by atoms with E-state index in [0.29, 0.717) is 12.0 Å². The Hall–Kier alpha value is -0.120. The molecule has 0 aromatic heterocycles. The molecule has 0 bridgehead atoms. The quantitative estimate of drug-likeness (QED) is 0.730. The summed E-state index contributed by atoms with van der Waals surface area (Å²) in [4.78, 5) is 0. The van der Waals surface area contributed by atoms with Crippen LogP contribution in [0.4, 0.5) is 0 Å². The van der Waals surface area contributed by atoms with Crippen molar-refractivity contribution in [1.29, 1.82) is 0 Å². The second-order valence-electron chi connectivity index (χ2n) is 4.33. The minimum absolute atomic E-state index is 0.243. The van der Waals surface area contributed by atoms with Gasteiger partial charge in [0.25, 0.3) is 0 Å². The van der Waals surface area contributed by atoms with Crippen LogP contribution in [0.3, 0.4) is 0 Å². The van der Waals surface area contributed by atoms with Gasteiger partial charge < -0.3 is 14.8 Å². The van der Waals surface area contributed by atoms with Crippen molar-refractivity contribution < 1.29 is 9.47 Å². The van der Waals surface area contributed by atoms with Crippen molar-refractivity contribution in [1.82, 2.24) is 5.32 Å². The molecule has 2 unspecified atom stereocenters. The first-order chi connectivity index (χ1) is 6.72. The van der Waals surface area contributed by atoms with Crippen LogP contribution in [0.2, 0.25) is 0 Å². The highest BCUT2D eigenvalue weighted by Crippen LogP contribution is 2.13. The van der Waals surface area contributed by atoms with Crippen LogP contribution in [0.1, 0.15) is 27.2 Å². The lowest BCUT2D eigenvalue weighted by Crippen LogP contribution is -2.47. The van der Waals surface area contributed by atoms with Gasteiger partial charge in [-0.2, -0.15) is 0 Å². The lowest BCUT2D eigenvalue weighted by molar-refractivity contribution is -0.0799. The molecule has 84 valence electrons. The van der Waals surface area contributed by atoms with Crippen LogP contribution >= 0.6 is 0 Å². The van der Waals surface area contributed by atoms with Crippen LogP contribution < -0.4 is 5.32 Å². The van der Waals surface area contributed by atoms with Crippen molar-refractivity contribution in [3.8, 4) is 0 Å². The van der Waals surface area contributed by atoms with Crippen molar-refractivity contribution in [3.63, 3.8) is 0 Å². The van der Waals surface area contributed by atoms with Crippen LogP contribution in [-0.2, 0) is 9.47 Å². The first kappa shape index (κ1) is 12.0. The lowest BCUT2D eigenvalue weighted by atomic mass is 10.0. The van der Waals surface area contributed by atoms with Crippen molar-refractivity contribution in [2.24, 2.45) is 5.92 Å². The van der Waals surface area contributed by atoms with Crippen molar-refractivity contribution in [2.45, 2.75) is 39.4 Å². The normalized spacial score (nSPS) is 28.3. The van der Waals surface area contributed by atoms with Crippen molar-refractivity contribution in [3.05, 3.63) is 0 Å². The molecule has 1 aliphatic heterocycles. The zero-order valence-electron chi connectivity index (χ0n) is 9.58. The molecule has 0 saturated carbocycles. The molecule has 2 atom stereocenters. The van der Waals surface area contributed by atoms with E-state index < -0.39 is 0 Å². The Labute approximate surface area is 87.2 Å². The summed E-state index contributed by atoms with van der Waals surface area (Å²) >= 11 is 0. The smallest absolute Gasteiger partial charge is 0.0936 e. The third-order valence-corrected chi connectivity index (χ3v) is 2.37. The van der Waals surface area contributed by atoms with Crippen LogP contribution in [0, 0.1) is 5.92 Å². The summed E-state index contributed by atoms with van der Waals surface area (Å²) in [5.74, 6) is 0.702. The first-order valence-corrected chi connectivity index (χ1v) is 5.66. The Morgan fingerprint density at radius 2 is 2.07 bits per heavy atom. The van der Waals surface area contributed by atoms with Gasteiger partial charge in [-0.15, -0.1) is 0 Å². The Morgan fingerprint density at radius 1 is 1.36 bits per heavy atom. The fourth-order valence-corrected chi connectivity index (χ4v) is 1.79. The second kappa shape index (κ2) is 6.38. The van der Waals surface area contributed by atoms with E-state index >= 15 is 0 Å². The highest BCUT2D eigenvalue weighted by Gasteiger charge is 2.22. The Balaban J connectivity index is 2.21. The summed E-state index contributed by atoms with van der Waals surface area (Å²) < 4.78 is 11.3. The zero-order chi connectivity index (χ0) is 10.4. The topological polar surface area (TPSA) is 30.5 Å². The number of hydrogen-bond donors (Lipinski definition) is 1. The van der Waals surface area contributed by atoms with E-state index in [9.17, 15) is 0 Å². The van der Waals surface area contributed by atoms with E-state index in [0.717, 1.165) is 32.7 Å². The fourth-order valence-electron chi connectivity index (χ4n) is 1.79. The average molecular weight is 201 g/mol. The maximum Gasteiger partial charge on any atom is 0.0936 e. The predicted molar refractivity (Wildman–Crippen MR) is 57.5 cm³/mol. The maximum absolute atomic E-state index is 5.91. The number of ether oxygens (including phenoxy) is 2. The third kappa shape index (κ3) is 4.40. The van der Waals surface area contributed by atoms with E-state index in [1.54, 1.807) is 0 Å². The molecule has 0 spiro atoms. The molecule has 3 nitrogen and oxygen atoms in total. The molecule has 1 N–H and O–H groups in total. The fraction of sp³-hybridized carbons (Fsp3) is 1.00. The van der Waals surface area contributed by atoms with Gasteiger partial charge in [-0.05, 0) is 19.3 Å². The highest BCUT2D eigenvalue weighted by atomic mass is 16.5. The molecule has 0 radical (unpaired) electrons. The Kier molecular flexibility index (Phi) is 5.45. The predicted octanol–water partition coefficient (Wildman–Crippen LogP) is 1.43. The minimum atomic E-state index is 0.243. The van der Waals surface area contributed by atoms with Gasteiger partial charge >= 0.3 is 0 Å². The number of nitrogens with one attached hydrogen (secondary N) is 1. The van der Waals surface area contributed by atoms with Crippen LogP contribution in [0.15, 0.2) is 0 Å². The summed E-state index contributed by atoms with van der Waals surface area (Å²) in [6.07, 6.45) is 1.75. The summed E-state index contributed by atoms with van der Waals surface area (Å²) in [6.45, 7) is 9.88. The monoisotopic (exact) mass is 201 g/mol. The molecule has 0 amide bonds. The lowest BCUT2D eigenvalue weighted by Gasteiger charge is -2.31. The first-order valence-electron chi connectivity index (χ1n) is 5.66. The molecular weight excluding hydrogens is 178 g/mol. The number of hydrogen-bond acceptors (Lipinski definition) is 3. The van der Waals surface area contributed by atoms with E-state index in [1.807, 2.05) is 6.92 Å². The van der Waals surface area contributed by atoms with Gasteiger partial charge in [0.1, 0.15) is 0 Å². The van der Waals surface area contributed by atoms with Crippen LogP contribution in [-0.4, -0.2) is 38.5 Å². The largest absolute Gasteiger partial charge is 0.379 e. The number of rotatable bonds is 5. The zero-order valence-corrected chi connectivity index (χ0v) is 9.58. The van der Waals surface area contributed by atoms with Gasteiger partial charge in [-0.25, -0.2) is 0 Å². The molecule has 1 saturated heterocycles. The summed E-state index contributed by atoms with van der Waals surface area (Å²) in [7, 11) is 0. The molecule has 0 aliphatic carbocycles. The van der Waals surface area contributed by atoms with Crippen molar-refractivity contribution >= 4 is 0 Å². The summed E-state index contributed by atoms with van der Waals surface area (Å²) in [6, 6.07) is 0. The molecule has 0 aromatic rings. The SMILES string of the molecule is CCOCC1CNCC(CC(C)C)O1. The molecule has 14 heavy (non-hydrogen) atoms. The molecule has 0 aromatic carbocycles. The summed E-state index contributed by atoms with van der Waals surface area (Å²) in [5.41, 5.74) is 0. The maximum atomic E-state index is 5.91. The van der Waals surface area contributed by atoms with Gasteiger partial charge in [-0.1, -0.05) is 13.8 Å². The van der Waals surface area contributed by atoms with Gasteiger partial charge in [-0.3, -0.25) is 0 Å². The van der Waals surface area contributed by atoms with E-state index in [-0.39, 0.29) is 6.10 Å². The van der Waals surface area contributed by atoms with E-state index in [1.165, 1.54) is 0 Å². The van der Waals surface area contributed by atoms with Gasteiger partial charge in [0, 0.05) is 19.7 Å². The highest BCUT2D eigenvalue weighted by molar-refractivity contribution is 4.75. The van der Waals surface area contributed by atoms with Crippen LogP contribution in [0.5, 0.6) is 0 Å². The van der Waals surface area contributed by atoms with Gasteiger partial charge in [0.2, 0.25) is 0 Å². The van der Waals surface area contributed by atoms with Crippen LogP contribution in [0.25, 0.3) is 0 Å². The van der Waals surface area contributed by atoms with E-state index in [2.05, 4.69) is 19.2 Å². The Morgan fingerprint density at radius 3 is 2.71 bits per heavy atom. The van der Waals surface area contributed by atoms with E-state index in [4.69, 9.17) is 9.47 Å². The minimum Gasteiger partial charge on any atom is -0.379 e. The molecule has 1 heterocycles. The number of morpholine rings is 1. The Bertz CT molecular complexity index is 150. The standard InChI is InChI=1S/C11H23NO2/c1-4-13-8-11-7-12-6-10(14-11)5-9(2)3/h9-12H,4-8H2,1-3H3. The molecule has 3 heteroatoms. The third-order valence-electron chi connectivity index (χ3n) is 2.37. The second-order valence-corrected chi connectivity index (χ2v) is 4.33. The molecular formula is C11H23NO2. The van der Waals surface area contributed by atoms with Gasteiger partial charge in [0.05, 0.1) is 18.8 Å². The average Bonchev–Trinajstić information content (AvgIpc) is 2.14. The summed E-state index contributed by atoms with van der Waals surface area (Å²) in [5, 5.41) is 3.39. The molecule has 1 fully saturated rings.